The van der Waals surface area contributed by atoms with Crippen molar-refractivity contribution in [2.75, 3.05) is 19.6 Å². The van der Waals surface area contributed by atoms with Crippen LogP contribution in [0.5, 0.6) is 0 Å². The molecule has 0 aromatic heterocycles. The normalized spacial score (nSPS) is 33.2. The molecule has 2 fully saturated rings. The molecule has 2 rings (SSSR count). The van der Waals surface area contributed by atoms with Gasteiger partial charge in [-0.2, -0.15) is 0 Å². The second-order valence-electron chi connectivity index (χ2n) is 6.05. The van der Waals surface area contributed by atoms with Crippen LogP contribution in [0.4, 0.5) is 0 Å². The molecule has 2 aliphatic rings. The number of likely N-dealkylation sites (tertiary alicyclic amines) is 1. The first-order chi connectivity index (χ1) is 7.56. The van der Waals surface area contributed by atoms with Gasteiger partial charge < -0.3 is 10.4 Å². The fraction of sp³-hybridized carbons (Fsp3) is 1.00. The van der Waals surface area contributed by atoms with Gasteiger partial charge >= 0.3 is 0 Å². The predicted molar refractivity (Wildman–Crippen MR) is 66.5 cm³/mol. The summed E-state index contributed by atoms with van der Waals surface area (Å²) in [6, 6.07) is 1.32. The van der Waals surface area contributed by atoms with Gasteiger partial charge in [-0.05, 0) is 52.6 Å². The average Bonchev–Trinajstić information content (AvgIpc) is 2.69. The van der Waals surface area contributed by atoms with E-state index in [0.29, 0.717) is 12.1 Å². The molecule has 0 amide bonds. The summed E-state index contributed by atoms with van der Waals surface area (Å²) >= 11 is 0. The highest BCUT2D eigenvalue weighted by molar-refractivity contribution is 4.92. The molecule has 0 aromatic carbocycles. The van der Waals surface area contributed by atoms with Gasteiger partial charge in [-0.15, -0.1) is 0 Å². The molecule has 3 heteroatoms. The maximum atomic E-state index is 9.97. The fourth-order valence-corrected chi connectivity index (χ4v) is 3.21. The Morgan fingerprint density at radius 1 is 1.25 bits per heavy atom. The van der Waals surface area contributed by atoms with E-state index in [1.54, 1.807) is 0 Å². The SMILES string of the molecule is CC(C)(O)CN1CCCCC1C1CCCN1. The highest BCUT2D eigenvalue weighted by atomic mass is 16.3. The smallest absolute Gasteiger partial charge is 0.0718 e. The maximum absolute atomic E-state index is 9.97. The zero-order valence-corrected chi connectivity index (χ0v) is 10.7. The minimum absolute atomic E-state index is 0.561. The molecule has 0 spiro atoms. The van der Waals surface area contributed by atoms with Gasteiger partial charge in [0.1, 0.15) is 0 Å². The number of nitrogens with one attached hydrogen (secondary N) is 1. The molecular formula is C13H26N2O. The number of aliphatic hydroxyl groups is 1. The van der Waals surface area contributed by atoms with Crippen LogP contribution in [0.2, 0.25) is 0 Å². The van der Waals surface area contributed by atoms with Gasteiger partial charge in [0, 0.05) is 18.6 Å². The van der Waals surface area contributed by atoms with Crippen LogP contribution in [-0.2, 0) is 0 Å². The molecule has 2 unspecified atom stereocenters. The van der Waals surface area contributed by atoms with Crippen LogP contribution in [0.1, 0.15) is 46.0 Å². The molecule has 2 atom stereocenters. The molecule has 2 aliphatic heterocycles. The maximum Gasteiger partial charge on any atom is 0.0718 e. The van der Waals surface area contributed by atoms with Crippen molar-refractivity contribution in [3.63, 3.8) is 0 Å². The first-order valence-corrected chi connectivity index (χ1v) is 6.76. The lowest BCUT2D eigenvalue weighted by Gasteiger charge is -2.41. The van der Waals surface area contributed by atoms with E-state index < -0.39 is 5.60 Å². The largest absolute Gasteiger partial charge is 0.389 e. The van der Waals surface area contributed by atoms with Crippen molar-refractivity contribution in [1.82, 2.24) is 10.2 Å². The molecule has 0 bridgehead atoms. The third-order valence-corrected chi connectivity index (χ3v) is 3.82. The Morgan fingerprint density at radius 2 is 2.06 bits per heavy atom. The van der Waals surface area contributed by atoms with Crippen LogP contribution in [0, 0.1) is 0 Å². The zero-order valence-electron chi connectivity index (χ0n) is 10.7. The third kappa shape index (κ3) is 3.19. The van der Waals surface area contributed by atoms with Gasteiger partial charge in [-0.1, -0.05) is 6.42 Å². The number of rotatable bonds is 3. The summed E-state index contributed by atoms with van der Waals surface area (Å²) in [4.78, 5) is 2.51. The summed E-state index contributed by atoms with van der Waals surface area (Å²) in [6.45, 7) is 6.99. The Morgan fingerprint density at radius 3 is 2.69 bits per heavy atom. The zero-order chi connectivity index (χ0) is 11.6. The first-order valence-electron chi connectivity index (χ1n) is 6.76. The number of β-amino-alcohol motifs (C(OH)–C–C–N with tert-alkyl or cyclic N) is 1. The molecule has 2 heterocycles. The molecule has 16 heavy (non-hydrogen) atoms. The molecular weight excluding hydrogens is 200 g/mol. The monoisotopic (exact) mass is 226 g/mol. The van der Waals surface area contributed by atoms with Crippen LogP contribution in [-0.4, -0.2) is 47.3 Å². The van der Waals surface area contributed by atoms with Crippen LogP contribution in [0.15, 0.2) is 0 Å². The van der Waals surface area contributed by atoms with Crippen LogP contribution in [0.25, 0.3) is 0 Å². The summed E-state index contributed by atoms with van der Waals surface area (Å²) in [7, 11) is 0. The second kappa shape index (κ2) is 5.03. The first kappa shape index (κ1) is 12.3. The lowest BCUT2D eigenvalue weighted by atomic mass is 9.93. The van der Waals surface area contributed by atoms with E-state index >= 15 is 0 Å². The standard InChI is InChI=1S/C13H26N2O/c1-13(2,16)10-15-9-4-3-7-12(15)11-6-5-8-14-11/h11-12,14,16H,3-10H2,1-2H3. The molecule has 3 nitrogen and oxygen atoms in total. The number of piperidine rings is 1. The van der Waals surface area contributed by atoms with Crippen LogP contribution in [0.3, 0.4) is 0 Å². The highest BCUT2D eigenvalue weighted by Crippen LogP contribution is 2.25. The Balaban J connectivity index is 1.96. The molecule has 2 N–H and O–H groups in total. The predicted octanol–water partition coefficient (Wildman–Crippen LogP) is 1.36. The van der Waals surface area contributed by atoms with E-state index in [-0.39, 0.29) is 0 Å². The van der Waals surface area contributed by atoms with Crippen molar-refractivity contribution in [1.29, 1.82) is 0 Å². The quantitative estimate of drug-likeness (QED) is 0.763. The van der Waals surface area contributed by atoms with Crippen molar-refractivity contribution in [2.24, 2.45) is 0 Å². The summed E-state index contributed by atoms with van der Waals surface area (Å²) in [5.74, 6) is 0. The molecule has 0 aromatic rings. The topological polar surface area (TPSA) is 35.5 Å². The van der Waals surface area contributed by atoms with Gasteiger partial charge in [0.25, 0.3) is 0 Å². The second-order valence-corrected chi connectivity index (χ2v) is 6.05. The van der Waals surface area contributed by atoms with E-state index in [0.717, 1.165) is 13.1 Å². The molecule has 94 valence electrons. The van der Waals surface area contributed by atoms with Gasteiger partial charge in [-0.25, -0.2) is 0 Å². The molecule has 0 aliphatic carbocycles. The summed E-state index contributed by atoms with van der Waals surface area (Å²) in [5, 5.41) is 13.6. The van der Waals surface area contributed by atoms with Crippen molar-refractivity contribution >= 4 is 0 Å². The Bertz CT molecular complexity index is 218. The van der Waals surface area contributed by atoms with E-state index in [9.17, 15) is 5.11 Å². The van der Waals surface area contributed by atoms with Crippen molar-refractivity contribution in [3.8, 4) is 0 Å². The van der Waals surface area contributed by atoms with Crippen LogP contribution >= 0.6 is 0 Å². The summed E-state index contributed by atoms with van der Waals surface area (Å²) < 4.78 is 0. The van der Waals surface area contributed by atoms with Crippen molar-refractivity contribution in [3.05, 3.63) is 0 Å². The van der Waals surface area contributed by atoms with E-state index in [1.807, 2.05) is 13.8 Å². The number of nitrogens with zero attached hydrogens (tertiary/aromatic N) is 1. The van der Waals surface area contributed by atoms with Crippen molar-refractivity contribution < 1.29 is 5.11 Å². The van der Waals surface area contributed by atoms with E-state index in [1.165, 1.54) is 38.6 Å². The summed E-state index contributed by atoms with van der Waals surface area (Å²) in [5.41, 5.74) is -0.561. The lowest BCUT2D eigenvalue weighted by Crippen LogP contribution is -2.53. The minimum atomic E-state index is -0.561. The average molecular weight is 226 g/mol. The van der Waals surface area contributed by atoms with Gasteiger partial charge in [0.15, 0.2) is 0 Å². The molecule has 0 radical (unpaired) electrons. The number of hydrogen-bond acceptors (Lipinski definition) is 3. The van der Waals surface area contributed by atoms with Crippen molar-refractivity contribution in [2.45, 2.75) is 63.6 Å². The lowest BCUT2D eigenvalue weighted by molar-refractivity contribution is 0.00308. The minimum Gasteiger partial charge on any atom is -0.389 e. The van der Waals surface area contributed by atoms with Gasteiger partial charge in [0.2, 0.25) is 0 Å². The van der Waals surface area contributed by atoms with E-state index in [2.05, 4.69) is 10.2 Å². The Labute approximate surface area is 99.2 Å². The summed E-state index contributed by atoms with van der Waals surface area (Å²) in [6.07, 6.45) is 6.57. The highest BCUT2D eigenvalue weighted by Gasteiger charge is 2.33. The Hall–Kier alpha value is -0.120. The Kier molecular flexibility index (Phi) is 3.88. The van der Waals surface area contributed by atoms with E-state index in [4.69, 9.17) is 0 Å². The fourth-order valence-electron chi connectivity index (χ4n) is 3.21. The third-order valence-electron chi connectivity index (χ3n) is 3.82. The van der Waals surface area contributed by atoms with Gasteiger partial charge in [-0.3, -0.25) is 4.90 Å². The number of hydrogen-bond donors (Lipinski definition) is 2. The molecule has 0 saturated carbocycles. The van der Waals surface area contributed by atoms with Crippen LogP contribution < -0.4 is 5.32 Å². The van der Waals surface area contributed by atoms with Gasteiger partial charge in [0.05, 0.1) is 5.60 Å². The molecule has 2 saturated heterocycles.